The number of aromatic nitrogens is 4. The summed E-state index contributed by atoms with van der Waals surface area (Å²) in [6, 6.07) is 5.14. The highest BCUT2D eigenvalue weighted by molar-refractivity contribution is 7.89. The smallest absolute Gasteiger partial charge is 0.238 e. The summed E-state index contributed by atoms with van der Waals surface area (Å²) in [4.78, 5) is 14.1. The first-order valence-electron chi connectivity index (χ1n) is 7.76. The Bertz CT molecular complexity index is 955. The third-order valence-electron chi connectivity index (χ3n) is 4.48. The van der Waals surface area contributed by atoms with E-state index in [4.69, 9.17) is 5.14 Å². The van der Waals surface area contributed by atoms with Crippen molar-refractivity contribution in [2.24, 2.45) is 5.14 Å². The number of hydrogen-bond donors (Lipinski definition) is 2. The molecular formula is C15H18N6O2S. The van der Waals surface area contributed by atoms with Crippen LogP contribution in [0.25, 0.3) is 11.0 Å². The van der Waals surface area contributed by atoms with Gasteiger partial charge in [-0.1, -0.05) is 0 Å². The van der Waals surface area contributed by atoms with Gasteiger partial charge in [0, 0.05) is 31.5 Å². The Hall–Kier alpha value is -2.39. The maximum absolute atomic E-state index is 11.5. The molecule has 8 nitrogen and oxygen atoms in total. The molecular weight excluding hydrogens is 328 g/mol. The molecule has 0 saturated carbocycles. The number of hydrogen-bond acceptors (Lipinski definition) is 5. The summed E-state index contributed by atoms with van der Waals surface area (Å²) in [5, 5.41) is 5.18. The number of piperidine rings is 1. The average molecular weight is 346 g/mol. The van der Waals surface area contributed by atoms with Crippen molar-refractivity contribution >= 4 is 27.0 Å². The summed E-state index contributed by atoms with van der Waals surface area (Å²) in [5.74, 6) is 0.764. The Morgan fingerprint density at radius 2 is 2.04 bits per heavy atom. The largest absolute Gasteiger partial charge is 0.342 e. The van der Waals surface area contributed by atoms with Gasteiger partial charge >= 0.3 is 0 Å². The van der Waals surface area contributed by atoms with E-state index in [1.165, 1.54) is 12.1 Å². The summed E-state index contributed by atoms with van der Waals surface area (Å²) >= 11 is 0. The van der Waals surface area contributed by atoms with Crippen molar-refractivity contribution in [1.82, 2.24) is 19.5 Å². The highest BCUT2D eigenvalue weighted by Gasteiger charge is 2.22. The van der Waals surface area contributed by atoms with Gasteiger partial charge in [-0.2, -0.15) is 0 Å². The van der Waals surface area contributed by atoms with Crippen molar-refractivity contribution in [3.63, 3.8) is 0 Å². The van der Waals surface area contributed by atoms with Crippen LogP contribution in [0.2, 0.25) is 0 Å². The topological polar surface area (TPSA) is 110 Å². The zero-order chi connectivity index (χ0) is 16.7. The van der Waals surface area contributed by atoms with Gasteiger partial charge < -0.3 is 14.5 Å². The molecule has 4 rings (SSSR count). The molecule has 3 aromatic rings. The molecule has 3 heterocycles. The molecule has 2 aromatic heterocycles. The molecule has 0 atom stereocenters. The van der Waals surface area contributed by atoms with E-state index >= 15 is 0 Å². The number of rotatable bonds is 3. The number of benzene rings is 1. The Labute approximate surface area is 139 Å². The number of nitrogens with one attached hydrogen (secondary N) is 1. The normalized spacial score (nSPS) is 16.8. The predicted molar refractivity (Wildman–Crippen MR) is 90.2 cm³/mol. The van der Waals surface area contributed by atoms with Crippen molar-refractivity contribution in [3.8, 4) is 0 Å². The number of aromatic amines is 1. The molecule has 0 aliphatic carbocycles. The van der Waals surface area contributed by atoms with Crippen LogP contribution in [0.5, 0.6) is 0 Å². The molecule has 0 spiro atoms. The maximum atomic E-state index is 11.5. The van der Waals surface area contributed by atoms with Crippen LogP contribution in [0.1, 0.15) is 18.9 Å². The summed E-state index contributed by atoms with van der Waals surface area (Å²) in [7, 11) is -3.71. The first-order chi connectivity index (χ1) is 11.5. The molecule has 9 heteroatoms. The van der Waals surface area contributed by atoms with Gasteiger partial charge in [0.15, 0.2) is 0 Å². The average Bonchev–Trinajstić information content (AvgIpc) is 3.23. The van der Waals surface area contributed by atoms with Crippen LogP contribution in [-0.2, 0) is 10.0 Å². The quantitative estimate of drug-likeness (QED) is 0.741. The van der Waals surface area contributed by atoms with E-state index in [-0.39, 0.29) is 4.90 Å². The number of fused-ring (bicyclic) bond motifs is 1. The lowest BCUT2D eigenvalue weighted by Gasteiger charge is -2.32. The number of anilines is 1. The lowest BCUT2D eigenvalue weighted by molar-refractivity contribution is 0.394. The number of sulfonamides is 1. The second kappa shape index (κ2) is 5.60. The number of imidazole rings is 2. The Morgan fingerprint density at radius 3 is 2.71 bits per heavy atom. The van der Waals surface area contributed by atoms with Gasteiger partial charge in [-0.05, 0) is 31.0 Å². The van der Waals surface area contributed by atoms with E-state index in [9.17, 15) is 8.42 Å². The van der Waals surface area contributed by atoms with E-state index in [2.05, 4.69) is 24.4 Å². The predicted octanol–water partition coefficient (Wildman–Crippen LogP) is 1.25. The van der Waals surface area contributed by atoms with Gasteiger partial charge in [0.25, 0.3) is 0 Å². The van der Waals surface area contributed by atoms with E-state index in [0.29, 0.717) is 11.6 Å². The van der Waals surface area contributed by atoms with E-state index in [1.54, 1.807) is 12.3 Å². The minimum Gasteiger partial charge on any atom is -0.342 e. The standard InChI is InChI=1S/C15H18N6O2S/c16-24(22,23)12-1-2-13-14(9-12)19-15(18-13)20-6-3-11(4-7-20)21-8-5-17-10-21/h1-2,5,8-11H,3-4,6-7H2,(H,18,19)(H2,16,22,23). The van der Waals surface area contributed by atoms with Crippen molar-refractivity contribution in [2.45, 2.75) is 23.8 Å². The second-order valence-electron chi connectivity index (χ2n) is 6.01. The third kappa shape index (κ3) is 2.76. The highest BCUT2D eigenvalue weighted by Crippen LogP contribution is 2.26. The molecule has 126 valence electrons. The summed E-state index contributed by atoms with van der Waals surface area (Å²) in [6.07, 6.45) is 7.67. The Balaban J connectivity index is 1.55. The van der Waals surface area contributed by atoms with Crippen LogP contribution in [0.3, 0.4) is 0 Å². The lowest BCUT2D eigenvalue weighted by Crippen LogP contribution is -2.35. The molecule has 0 amide bonds. The van der Waals surface area contributed by atoms with Crippen LogP contribution in [0, 0.1) is 0 Å². The minimum absolute atomic E-state index is 0.0871. The van der Waals surface area contributed by atoms with E-state index < -0.39 is 10.0 Å². The van der Waals surface area contributed by atoms with Crippen molar-refractivity contribution < 1.29 is 8.42 Å². The molecule has 1 aromatic carbocycles. The molecule has 3 N–H and O–H groups in total. The maximum Gasteiger partial charge on any atom is 0.238 e. The van der Waals surface area contributed by atoms with Crippen molar-refractivity contribution in [3.05, 3.63) is 36.9 Å². The van der Waals surface area contributed by atoms with Crippen LogP contribution < -0.4 is 10.0 Å². The van der Waals surface area contributed by atoms with Crippen LogP contribution in [-0.4, -0.2) is 41.0 Å². The fourth-order valence-corrected chi connectivity index (χ4v) is 3.70. The monoisotopic (exact) mass is 346 g/mol. The van der Waals surface area contributed by atoms with Crippen LogP contribution >= 0.6 is 0 Å². The summed E-state index contributed by atoms with van der Waals surface area (Å²) in [6.45, 7) is 1.76. The van der Waals surface area contributed by atoms with Crippen molar-refractivity contribution in [1.29, 1.82) is 0 Å². The third-order valence-corrected chi connectivity index (χ3v) is 5.39. The van der Waals surface area contributed by atoms with Gasteiger partial charge in [-0.25, -0.2) is 23.5 Å². The number of nitrogens with two attached hydrogens (primary N) is 1. The lowest BCUT2D eigenvalue weighted by atomic mass is 10.1. The molecule has 1 aliphatic rings. The van der Waals surface area contributed by atoms with E-state index in [0.717, 1.165) is 37.4 Å². The number of H-pyrrole nitrogens is 1. The van der Waals surface area contributed by atoms with Crippen LogP contribution in [0.15, 0.2) is 41.8 Å². The SMILES string of the molecule is NS(=O)(=O)c1ccc2nc(N3CCC(n4ccnc4)CC3)[nH]c2c1. The Kier molecular flexibility index (Phi) is 3.54. The highest BCUT2D eigenvalue weighted by atomic mass is 32.2. The fraction of sp³-hybridized carbons (Fsp3) is 0.333. The Morgan fingerprint density at radius 1 is 1.25 bits per heavy atom. The van der Waals surface area contributed by atoms with Gasteiger partial charge in [-0.3, -0.25) is 0 Å². The summed E-state index contributed by atoms with van der Waals surface area (Å²) in [5.41, 5.74) is 1.40. The van der Waals surface area contributed by atoms with Gasteiger partial charge in [-0.15, -0.1) is 0 Å². The molecule has 24 heavy (non-hydrogen) atoms. The van der Waals surface area contributed by atoms with E-state index in [1.807, 2.05) is 12.5 Å². The number of primary sulfonamides is 1. The van der Waals surface area contributed by atoms with Gasteiger partial charge in [0.2, 0.25) is 16.0 Å². The van der Waals surface area contributed by atoms with Gasteiger partial charge in [0.05, 0.1) is 22.3 Å². The zero-order valence-corrected chi connectivity index (χ0v) is 13.8. The summed E-state index contributed by atoms with van der Waals surface area (Å²) < 4.78 is 25.1. The second-order valence-corrected chi connectivity index (χ2v) is 7.57. The first kappa shape index (κ1) is 15.2. The molecule has 1 saturated heterocycles. The van der Waals surface area contributed by atoms with Gasteiger partial charge in [0.1, 0.15) is 0 Å². The fourth-order valence-electron chi connectivity index (χ4n) is 3.16. The molecule has 1 aliphatic heterocycles. The molecule has 1 fully saturated rings. The molecule has 0 bridgehead atoms. The number of nitrogens with zero attached hydrogens (tertiary/aromatic N) is 4. The molecule has 0 radical (unpaired) electrons. The molecule has 0 unspecified atom stereocenters. The minimum atomic E-state index is -3.71. The first-order valence-corrected chi connectivity index (χ1v) is 9.30. The van der Waals surface area contributed by atoms with Crippen LogP contribution in [0.4, 0.5) is 5.95 Å². The zero-order valence-electron chi connectivity index (χ0n) is 13.0. The van der Waals surface area contributed by atoms with Crippen molar-refractivity contribution in [2.75, 3.05) is 18.0 Å².